The molecule has 0 aromatic heterocycles. The number of allylic oxidation sites excluding steroid dienone is 1. The molecular weight excluding hydrogens is 276 g/mol. The van der Waals surface area contributed by atoms with Gasteiger partial charge in [-0.3, -0.25) is 4.79 Å². The second-order valence-corrected chi connectivity index (χ2v) is 4.69. The molecule has 3 rings (SSSR count). The molecule has 0 fully saturated rings. The Morgan fingerprint density at radius 2 is 1.65 bits per heavy atom. The average Bonchev–Trinajstić information content (AvgIpc) is 2.76. The Balaban J connectivity index is 2.01. The van der Waals surface area contributed by atoms with Crippen molar-refractivity contribution in [3.05, 3.63) is 76.3 Å². The first-order chi connectivity index (χ1) is 9.66. The SMILES string of the molecule is O=C(C=C1OC(=O)c2ccccc21)c1ccccc1Cl. The summed E-state index contributed by atoms with van der Waals surface area (Å²) < 4.78 is 5.12. The van der Waals surface area contributed by atoms with Gasteiger partial charge in [-0.2, -0.15) is 0 Å². The van der Waals surface area contributed by atoms with Gasteiger partial charge in [-0.05, 0) is 18.2 Å². The molecule has 0 unspecified atom stereocenters. The molecule has 0 amide bonds. The molecule has 1 aliphatic rings. The molecule has 0 saturated heterocycles. The van der Waals surface area contributed by atoms with Gasteiger partial charge in [0.15, 0.2) is 5.78 Å². The van der Waals surface area contributed by atoms with Crippen LogP contribution >= 0.6 is 11.6 Å². The molecule has 0 bridgehead atoms. The van der Waals surface area contributed by atoms with Crippen molar-refractivity contribution >= 4 is 29.1 Å². The summed E-state index contributed by atoms with van der Waals surface area (Å²) in [6.45, 7) is 0. The molecule has 3 nitrogen and oxygen atoms in total. The predicted molar refractivity (Wildman–Crippen MR) is 75.6 cm³/mol. The zero-order chi connectivity index (χ0) is 14.1. The number of ether oxygens (including phenoxy) is 1. The topological polar surface area (TPSA) is 43.4 Å². The van der Waals surface area contributed by atoms with E-state index in [1.165, 1.54) is 6.08 Å². The van der Waals surface area contributed by atoms with Crippen molar-refractivity contribution in [2.45, 2.75) is 0 Å². The smallest absolute Gasteiger partial charge is 0.344 e. The number of benzene rings is 2. The zero-order valence-corrected chi connectivity index (χ0v) is 11.1. The van der Waals surface area contributed by atoms with Crippen LogP contribution in [-0.4, -0.2) is 11.8 Å². The lowest BCUT2D eigenvalue weighted by Crippen LogP contribution is -1.98. The van der Waals surface area contributed by atoms with Gasteiger partial charge in [0, 0.05) is 17.2 Å². The normalized spacial score (nSPS) is 15.1. The maximum Gasteiger partial charge on any atom is 0.344 e. The molecule has 20 heavy (non-hydrogen) atoms. The average molecular weight is 285 g/mol. The number of cyclic esters (lactones) is 1. The monoisotopic (exact) mass is 284 g/mol. The first-order valence-electron chi connectivity index (χ1n) is 5.99. The van der Waals surface area contributed by atoms with E-state index in [2.05, 4.69) is 0 Å². The standard InChI is InChI=1S/C16H9ClO3/c17-13-8-4-3-7-12(13)14(18)9-15-10-5-1-2-6-11(10)16(19)20-15/h1-9H. The van der Waals surface area contributed by atoms with Crippen molar-refractivity contribution in [2.75, 3.05) is 0 Å². The number of carbonyl (C=O) groups is 2. The Bertz CT molecular complexity index is 747. The van der Waals surface area contributed by atoms with Crippen LogP contribution < -0.4 is 0 Å². The number of carbonyl (C=O) groups excluding carboxylic acids is 2. The number of hydrogen-bond donors (Lipinski definition) is 0. The van der Waals surface area contributed by atoms with Crippen molar-refractivity contribution in [3.63, 3.8) is 0 Å². The molecule has 0 N–H and O–H groups in total. The van der Waals surface area contributed by atoms with E-state index >= 15 is 0 Å². The number of ketones is 1. The minimum atomic E-state index is -0.446. The van der Waals surface area contributed by atoms with Gasteiger partial charge < -0.3 is 4.74 Å². The van der Waals surface area contributed by atoms with Crippen LogP contribution in [0, 0.1) is 0 Å². The third-order valence-electron chi connectivity index (χ3n) is 3.02. The third-order valence-corrected chi connectivity index (χ3v) is 3.35. The Morgan fingerprint density at radius 3 is 2.40 bits per heavy atom. The van der Waals surface area contributed by atoms with Crippen LogP contribution in [0.15, 0.2) is 54.6 Å². The second kappa shape index (κ2) is 4.94. The van der Waals surface area contributed by atoms with Crippen molar-refractivity contribution in [3.8, 4) is 0 Å². The predicted octanol–water partition coefficient (Wildman–Crippen LogP) is 3.73. The lowest BCUT2D eigenvalue weighted by molar-refractivity contribution is 0.0715. The summed E-state index contributed by atoms with van der Waals surface area (Å²) in [7, 11) is 0. The van der Waals surface area contributed by atoms with E-state index in [0.29, 0.717) is 21.7 Å². The van der Waals surface area contributed by atoms with Crippen LogP contribution in [0.5, 0.6) is 0 Å². The Hall–Kier alpha value is -2.39. The highest BCUT2D eigenvalue weighted by Crippen LogP contribution is 2.30. The first kappa shape index (κ1) is 12.6. The molecule has 1 heterocycles. The zero-order valence-electron chi connectivity index (χ0n) is 10.3. The van der Waals surface area contributed by atoms with Crippen LogP contribution in [0.4, 0.5) is 0 Å². The highest BCUT2D eigenvalue weighted by molar-refractivity contribution is 6.34. The van der Waals surface area contributed by atoms with Crippen LogP contribution in [0.1, 0.15) is 26.3 Å². The van der Waals surface area contributed by atoms with Gasteiger partial charge in [0.25, 0.3) is 0 Å². The molecule has 98 valence electrons. The summed E-state index contributed by atoms with van der Waals surface area (Å²) >= 11 is 5.98. The van der Waals surface area contributed by atoms with E-state index in [0.717, 1.165) is 0 Å². The van der Waals surface area contributed by atoms with Gasteiger partial charge in [0.2, 0.25) is 0 Å². The number of hydrogen-bond acceptors (Lipinski definition) is 3. The highest BCUT2D eigenvalue weighted by atomic mass is 35.5. The summed E-state index contributed by atoms with van der Waals surface area (Å²) in [5.74, 6) is -0.482. The number of fused-ring (bicyclic) bond motifs is 1. The quantitative estimate of drug-likeness (QED) is 0.479. The lowest BCUT2D eigenvalue weighted by Gasteiger charge is -2.01. The van der Waals surface area contributed by atoms with Crippen molar-refractivity contribution in [2.24, 2.45) is 0 Å². The van der Waals surface area contributed by atoms with Crippen LogP contribution in [0.2, 0.25) is 5.02 Å². The van der Waals surface area contributed by atoms with E-state index in [1.54, 1.807) is 48.5 Å². The van der Waals surface area contributed by atoms with Crippen molar-refractivity contribution < 1.29 is 14.3 Å². The van der Waals surface area contributed by atoms with Gasteiger partial charge in [-0.25, -0.2) is 4.79 Å². The molecule has 4 heteroatoms. The number of rotatable bonds is 2. The summed E-state index contributed by atoms with van der Waals surface area (Å²) in [4.78, 5) is 23.8. The largest absolute Gasteiger partial charge is 0.422 e. The molecule has 0 spiro atoms. The first-order valence-corrected chi connectivity index (χ1v) is 6.37. The second-order valence-electron chi connectivity index (χ2n) is 4.29. The summed E-state index contributed by atoms with van der Waals surface area (Å²) in [6.07, 6.45) is 1.30. The minimum absolute atomic E-state index is 0.260. The molecular formula is C16H9ClO3. The molecule has 0 radical (unpaired) electrons. The molecule has 0 aliphatic carbocycles. The maximum atomic E-state index is 12.2. The van der Waals surface area contributed by atoms with E-state index in [9.17, 15) is 9.59 Å². The molecule has 2 aromatic carbocycles. The highest BCUT2D eigenvalue weighted by Gasteiger charge is 2.26. The van der Waals surface area contributed by atoms with E-state index in [1.807, 2.05) is 0 Å². The van der Waals surface area contributed by atoms with E-state index in [-0.39, 0.29) is 11.5 Å². The fourth-order valence-electron chi connectivity index (χ4n) is 2.05. The third kappa shape index (κ3) is 2.12. The van der Waals surface area contributed by atoms with Crippen LogP contribution in [0.25, 0.3) is 5.76 Å². The maximum absolute atomic E-state index is 12.2. The molecule has 0 saturated carbocycles. The molecule has 0 atom stereocenters. The van der Waals surface area contributed by atoms with Crippen LogP contribution in [-0.2, 0) is 4.74 Å². The minimum Gasteiger partial charge on any atom is -0.422 e. The van der Waals surface area contributed by atoms with E-state index in [4.69, 9.17) is 16.3 Å². The van der Waals surface area contributed by atoms with Gasteiger partial charge in [0.1, 0.15) is 5.76 Å². The van der Waals surface area contributed by atoms with Crippen molar-refractivity contribution in [1.82, 2.24) is 0 Å². The van der Waals surface area contributed by atoms with Crippen molar-refractivity contribution in [1.29, 1.82) is 0 Å². The lowest BCUT2D eigenvalue weighted by atomic mass is 10.1. The van der Waals surface area contributed by atoms with Crippen LogP contribution in [0.3, 0.4) is 0 Å². The Morgan fingerprint density at radius 1 is 1.00 bits per heavy atom. The molecule has 2 aromatic rings. The Kier molecular flexibility index (Phi) is 3.12. The fraction of sp³-hybridized carbons (Fsp3) is 0. The summed E-state index contributed by atoms with van der Waals surface area (Å²) in [6, 6.07) is 13.7. The number of halogens is 1. The van der Waals surface area contributed by atoms with Gasteiger partial charge in [-0.15, -0.1) is 0 Å². The fourth-order valence-corrected chi connectivity index (χ4v) is 2.28. The van der Waals surface area contributed by atoms with Gasteiger partial charge in [-0.1, -0.05) is 41.9 Å². The number of esters is 1. The van der Waals surface area contributed by atoms with Gasteiger partial charge >= 0.3 is 5.97 Å². The molecule has 1 aliphatic heterocycles. The Labute approximate surface area is 120 Å². The summed E-state index contributed by atoms with van der Waals surface area (Å²) in [5, 5.41) is 0.368. The van der Waals surface area contributed by atoms with Gasteiger partial charge in [0.05, 0.1) is 10.6 Å². The summed E-state index contributed by atoms with van der Waals surface area (Å²) in [5.41, 5.74) is 1.46. The van der Waals surface area contributed by atoms with E-state index < -0.39 is 5.97 Å².